The van der Waals surface area contributed by atoms with Crippen LogP contribution in [0, 0.1) is 0 Å². The lowest BCUT2D eigenvalue weighted by Gasteiger charge is -2.09. The number of benzene rings is 1. The van der Waals surface area contributed by atoms with E-state index in [1.54, 1.807) is 0 Å². The van der Waals surface area contributed by atoms with Gasteiger partial charge in [-0.15, -0.1) is 13.2 Å². The number of alkyl halides is 3. The summed E-state index contributed by atoms with van der Waals surface area (Å²) in [5.41, 5.74) is -0.000694. The van der Waals surface area contributed by atoms with E-state index in [0.29, 0.717) is 0 Å². The van der Waals surface area contributed by atoms with Crippen LogP contribution < -0.4 is 4.74 Å². The second-order valence-electron chi connectivity index (χ2n) is 2.57. The van der Waals surface area contributed by atoms with Gasteiger partial charge >= 0.3 is 12.3 Å². The Hall–Kier alpha value is -1.72. The number of carbonyl (C=O) groups is 1. The first-order chi connectivity index (χ1) is 6.92. The number of hydrogen-bond donors (Lipinski definition) is 0. The van der Waals surface area contributed by atoms with Crippen molar-refractivity contribution in [2.75, 3.05) is 7.11 Å². The Labute approximate surface area is 90.8 Å². The van der Waals surface area contributed by atoms with E-state index in [0.717, 1.165) is 19.2 Å². The molecule has 0 saturated heterocycles. The lowest BCUT2D eigenvalue weighted by atomic mass is 10.2. The van der Waals surface area contributed by atoms with E-state index in [2.05, 4.69) is 9.47 Å². The number of methoxy groups -OCH3 is 1. The average molecular weight is 236 g/mol. The van der Waals surface area contributed by atoms with Crippen LogP contribution in [-0.4, -0.2) is 19.4 Å². The van der Waals surface area contributed by atoms with Crippen LogP contribution in [0.2, 0.25) is 0 Å². The number of rotatable bonds is 2. The van der Waals surface area contributed by atoms with Gasteiger partial charge in [0.2, 0.25) is 0 Å². The van der Waals surface area contributed by atoms with Crippen molar-refractivity contribution in [1.82, 2.24) is 0 Å². The number of halogens is 3. The first-order valence-corrected chi connectivity index (χ1v) is 3.86. The quantitative estimate of drug-likeness (QED) is 0.740. The molecule has 16 heavy (non-hydrogen) atoms. The maximum Gasteiger partial charge on any atom is 0.573 e. The first-order valence-electron chi connectivity index (χ1n) is 3.86. The molecule has 90 valence electrons. The molecule has 0 radical (unpaired) electrons. The SMILES string of the molecule is C.COC(=O)c1cccc(OC(F)(F)F)c1. The molecular weight excluding hydrogens is 225 g/mol. The second kappa shape index (κ2) is 5.39. The average Bonchev–Trinajstić information content (AvgIpc) is 2.14. The zero-order valence-corrected chi connectivity index (χ0v) is 7.67. The molecular formula is C10H11F3O3. The van der Waals surface area contributed by atoms with Crippen LogP contribution in [0.3, 0.4) is 0 Å². The summed E-state index contributed by atoms with van der Waals surface area (Å²) in [5.74, 6) is -1.17. The van der Waals surface area contributed by atoms with Gasteiger partial charge in [-0.3, -0.25) is 0 Å². The van der Waals surface area contributed by atoms with Crippen molar-refractivity contribution < 1.29 is 27.4 Å². The molecule has 0 aliphatic heterocycles. The van der Waals surface area contributed by atoms with E-state index in [9.17, 15) is 18.0 Å². The monoisotopic (exact) mass is 236 g/mol. The molecule has 0 saturated carbocycles. The summed E-state index contributed by atoms with van der Waals surface area (Å²) in [4.78, 5) is 11.0. The van der Waals surface area contributed by atoms with E-state index >= 15 is 0 Å². The van der Waals surface area contributed by atoms with Gasteiger partial charge in [-0.2, -0.15) is 0 Å². The Morgan fingerprint density at radius 2 is 1.94 bits per heavy atom. The molecule has 0 heterocycles. The van der Waals surface area contributed by atoms with Gasteiger partial charge in [0.25, 0.3) is 0 Å². The number of ether oxygens (including phenoxy) is 2. The van der Waals surface area contributed by atoms with Gasteiger partial charge in [0, 0.05) is 0 Å². The fraction of sp³-hybridized carbons (Fsp3) is 0.300. The van der Waals surface area contributed by atoms with E-state index in [1.165, 1.54) is 12.1 Å². The van der Waals surface area contributed by atoms with Gasteiger partial charge in [0.1, 0.15) is 5.75 Å². The Morgan fingerprint density at radius 1 is 1.31 bits per heavy atom. The van der Waals surface area contributed by atoms with E-state index in [-0.39, 0.29) is 13.0 Å². The Balaban J connectivity index is 0.00000225. The van der Waals surface area contributed by atoms with Crippen molar-refractivity contribution >= 4 is 5.97 Å². The lowest BCUT2D eigenvalue weighted by molar-refractivity contribution is -0.274. The molecule has 0 spiro atoms. The van der Waals surface area contributed by atoms with Crippen LogP contribution >= 0.6 is 0 Å². The van der Waals surface area contributed by atoms with Crippen molar-refractivity contribution in [1.29, 1.82) is 0 Å². The standard InChI is InChI=1S/C9H7F3O3.CH4/c1-14-8(13)6-3-2-4-7(5-6)15-9(10,11)12;/h2-5H,1H3;1H4. The van der Waals surface area contributed by atoms with Crippen LogP contribution in [0.15, 0.2) is 24.3 Å². The smallest absolute Gasteiger partial charge is 0.465 e. The third-order valence-corrected chi connectivity index (χ3v) is 1.49. The Morgan fingerprint density at radius 3 is 2.44 bits per heavy atom. The second-order valence-corrected chi connectivity index (χ2v) is 2.57. The van der Waals surface area contributed by atoms with Crippen molar-refractivity contribution in [3.8, 4) is 5.75 Å². The molecule has 0 unspecified atom stereocenters. The highest BCUT2D eigenvalue weighted by molar-refractivity contribution is 5.89. The lowest BCUT2D eigenvalue weighted by Crippen LogP contribution is -2.17. The van der Waals surface area contributed by atoms with Gasteiger partial charge in [0.15, 0.2) is 0 Å². The summed E-state index contributed by atoms with van der Waals surface area (Å²) in [6.07, 6.45) is -4.77. The van der Waals surface area contributed by atoms with Crippen LogP contribution in [0.5, 0.6) is 5.75 Å². The summed E-state index contributed by atoms with van der Waals surface area (Å²) in [6, 6.07) is 4.65. The summed E-state index contributed by atoms with van der Waals surface area (Å²) < 4.78 is 43.4. The van der Waals surface area contributed by atoms with Crippen molar-refractivity contribution in [3.63, 3.8) is 0 Å². The largest absolute Gasteiger partial charge is 0.573 e. The minimum absolute atomic E-state index is 0. The number of carbonyl (C=O) groups excluding carboxylic acids is 1. The molecule has 0 aliphatic carbocycles. The van der Waals surface area contributed by atoms with Gasteiger partial charge in [-0.1, -0.05) is 13.5 Å². The summed E-state index contributed by atoms with van der Waals surface area (Å²) in [7, 11) is 1.14. The zero-order chi connectivity index (χ0) is 11.5. The van der Waals surface area contributed by atoms with E-state index in [4.69, 9.17) is 0 Å². The first kappa shape index (κ1) is 14.3. The maximum absolute atomic E-state index is 11.8. The summed E-state index contributed by atoms with van der Waals surface area (Å²) in [5, 5.41) is 0. The molecule has 1 aromatic carbocycles. The number of esters is 1. The number of hydrogen-bond acceptors (Lipinski definition) is 3. The molecule has 0 fully saturated rings. The minimum Gasteiger partial charge on any atom is -0.465 e. The van der Waals surface area contributed by atoms with Crippen LogP contribution in [0.25, 0.3) is 0 Å². The minimum atomic E-state index is -4.77. The fourth-order valence-electron chi connectivity index (χ4n) is 0.938. The Kier molecular flexibility index (Phi) is 4.81. The van der Waals surface area contributed by atoms with Crippen molar-refractivity contribution in [2.24, 2.45) is 0 Å². The summed E-state index contributed by atoms with van der Waals surface area (Å²) in [6.45, 7) is 0. The topological polar surface area (TPSA) is 35.5 Å². The summed E-state index contributed by atoms with van der Waals surface area (Å²) >= 11 is 0. The van der Waals surface area contributed by atoms with E-state index < -0.39 is 18.1 Å². The van der Waals surface area contributed by atoms with Crippen LogP contribution in [0.1, 0.15) is 17.8 Å². The van der Waals surface area contributed by atoms with Crippen LogP contribution in [-0.2, 0) is 4.74 Å². The third-order valence-electron chi connectivity index (χ3n) is 1.49. The van der Waals surface area contributed by atoms with Crippen LogP contribution in [0.4, 0.5) is 13.2 Å². The van der Waals surface area contributed by atoms with Gasteiger partial charge in [0.05, 0.1) is 12.7 Å². The molecule has 0 N–H and O–H groups in total. The van der Waals surface area contributed by atoms with Gasteiger partial charge < -0.3 is 9.47 Å². The molecule has 3 nitrogen and oxygen atoms in total. The highest BCUT2D eigenvalue weighted by atomic mass is 19.4. The zero-order valence-electron chi connectivity index (χ0n) is 7.67. The van der Waals surface area contributed by atoms with Crippen molar-refractivity contribution in [2.45, 2.75) is 13.8 Å². The molecule has 0 bridgehead atoms. The molecule has 0 amide bonds. The maximum atomic E-state index is 11.8. The third kappa shape index (κ3) is 4.20. The Bertz CT molecular complexity index is 361. The molecule has 1 rings (SSSR count). The molecule has 0 aromatic heterocycles. The predicted molar refractivity (Wildman–Crippen MR) is 51.2 cm³/mol. The normalized spacial score (nSPS) is 10.2. The molecule has 1 aromatic rings. The predicted octanol–water partition coefficient (Wildman–Crippen LogP) is 3.01. The molecule has 6 heteroatoms. The van der Waals surface area contributed by atoms with Gasteiger partial charge in [-0.05, 0) is 18.2 Å². The molecule has 0 atom stereocenters. The van der Waals surface area contributed by atoms with E-state index in [1.807, 2.05) is 0 Å². The fourth-order valence-corrected chi connectivity index (χ4v) is 0.938. The molecule has 0 aliphatic rings. The van der Waals surface area contributed by atoms with Gasteiger partial charge in [-0.25, -0.2) is 4.79 Å². The highest BCUT2D eigenvalue weighted by Gasteiger charge is 2.31. The van der Waals surface area contributed by atoms with Crippen molar-refractivity contribution in [3.05, 3.63) is 29.8 Å². The highest BCUT2D eigenvalue weighted by Crippen LogP contribution is 2.23.